The maximum absolute atomic E-state index is 8.90. The first-order valence-electron chi connectivity index (χ1n) is 4.71. The van der Waals surface area contributed by atoms with Crippen LogP contribution in [0.1, 0.15) is 41.0 Å². The van der Waals surface area contributed by atoms with Gasteiger partial charge in [-0.05, 0) is 34.1 Å². The van der Waals surface area contributed by atoms with Crippen LogP contribution >= 0.6 is 0 Å². The first-order valence-corrected chi connectivity index (χ1v) is 4.71. The van der Waals surface area contributed by atoms with Crippen LogP contribution in [0.4, 0.5) is 0 Å². The minimum atomic E-state index is 0.0741. The van der Waals surface area contributed by atoms with Crippen LogP contribution in [0.5, 0.6) is 0 Å². The molecule has 0 aromatic carbocycles. The monoisotopic (exact) mass is 168 g/mol. The highest BCUT2D eigenvalue weighted by atomic mass is 15.2. The van der Waals surface area contributed by atoms with E-state index in [2.05, 4.69) is 45.6 Å². The van der Waals surface area contributed by atoms with E-state index >= 15 is 0 Å². The summed E-state index contributed by atoms with van der Waals surface area (Å²) in [4.78, 5) is 2.25. The van der Waals surface area contributed by atoms with Crippen molar-refractivity contribution < 1.29 is 0 Å². The summed E-state index contributed by atoms with van der Waals surface area (Å²) in [5.74, 6) is 0. The fraction of sp³-hybridized carbons (Fsp3) is 0.900. The van der Waals surface area contributed by atoms with Gasteiger partial charge in [-0.25, -0.2) is 0 Å². The molecule has 0 fully saturated rings. The Kier molecular flexibility index (Phi) is 4.92. The number of nitriles is 1. The summed E-state index contributed by atoms with van der Waals surface area (Å²) < 4.78 is 0. The van der Waals surface area contributed by atoms with Gasteiger partial charge in [-0.2, -0.15) is 5.26 Å². The van der Waals surface area contributed by atoms with Gasteiger partial charge in [0.25, 0.3) is 0 Å². The lowest BCUT2D eigenvalue weighted by Gasteiger charge is -2.33. The van der Waals surface area contributed by atoms with Crippen molar-refractivity contribution >= 4 is 0 Å². The van der Waals surface area contributed by atoms with Crippen molar-refractivity contribution in [2.24, 2.45) is 0 Å². The SMILES string of the molecule is CCC(C#N)N(C(C)C)C(C)C. The molecule has 0 saturated carbocycles. The van der Waals surface area contributed by atoms with Crippen LogP contribution in [0.2, 0.25) is 0 Å². The third-order valence-corrected chi connectivity index (χ3v) is 2.09. The van der Waals surface area contributed by atoms with Crippen molar-refractivity contribution in [3.05, 3.63) is 0 Å². The average molecular weight is 168 g/mol. The summed E-state index contributed by atoms with van der Waals surface area (Å²) >= 11 is 0. The summed E-state index contributed by atoms with van der Waals surface area (Å²) in [5, 5.41) is 8.90. The van der Waals surface area contributed by atoms with Crippen molar-refractivity contribution in [3.8, 4) is 6.07 Å². The lowest BCUT2D eigenvalue weighted by molar-refractivity contribution is 0.139. The van der Waals surface area contributed by atoms with Crippen LogP contribution in [-0.2, 0) is 0 Å². The Bertz CT molecular complexity index is 148. The zero-order valence-corrected chi connectivity index (χ0v) is 8.83. The van der Waals surface area contributed by atoms with Crippen molar-refractivity contribution in [2.45, 2.75) is 59.2 Å². The third-order valence-electron chi connectivity index (χ3n) is 2.09. The molecule has 0 aliphatic rings. The van der Waals surface area contributed by atoms with Crippen LogP contribution < -0.4 is 0 Å². The molecule has 2 heteroatoms. The summed E-state index contributed by atoms with van der Waals surface area (Å²) in [6.07, 6.45) is 0.910. The van der Waals surface area contributed by atoms with Gasteiger partial charge in [-0.3, -0.25) is 4.90 Å². The molecule has 0 radical (unpaired) electrons. The van der Waals surface area contributed by atoms with Gasteiger partial charge in [0.2, 0.25) is 0 Å². The number of hydrogen-bond donors (Lipinski definition) is 0. The smallest absolute Gasteiger partial charge is 0.0979 e. The zero-order chi connectivity index (χ0) is 9.72. The van der Waals surface area contributed by atoms with Crippen LogP contribution in [0.3, 0.4) is 0 Å². The maximum Gasteiger partial charge on any atom is 0.0979 e. The zero-order valence-electron chi connectivity index (χ0n) is 8.83. The number of hydrogen-bond acceptors (Lipinski definition) is 2. The Morgan fingerprint density at radius 3 is 1.67 bits per heavy atom. The molecule has 0 bridgehead atoms. The second kappa shape index (κ2) is 5.16. The molecular weight excluding hydrogens is 148 g/mol. The topological polar surface area (TPSA) is 27.0 Å². The molecule has 0 N–H and O–H groups in total. The minimum Gasteiger partial charge on any atom is -0.283 e. The molecular formula is C10H20N2. The van der Waals surface area contributed by atoms with Crippen LogP contribution in [0, 0.1) is 11.3 Å². The third kappa shape index (κ3) is 2.83. The summed E-state index contributed by atoms with van der Waals surface area (Å²) in [7, 11) is 0. The van der Waals surface area contributed by atoms with Crippen LogP contribution in [-0.4, -0.2) is 23.0 Å². The van der Waals surface area contributed by atoms with Gasteiger partial charge in [-0.15, -0.1) is 0 Å². The van der Waals surface area contributed by atoms with Crippen molar-refractivity contribution in [1.29, 1.82) is 5.26 Å². The van der Waals surface area contributed by atoms with E-state index in [1.54, 1.807) is 0 Å². The lowest BCUT2D eigenvalue weighted by Crippen LogP contribution is -2.44. The van der Waals surface area contributed by atoms with Crippen molar-refractivity contribution in [1.82, 2.24) is 4.90 Å². The van der Waals surface area contributed by atoms with Gasteiger partial charge in [0, 0.05) is 12.1 Å². The molecule has 1 unspecified atom stereocenters. The number of nitrogens with zero attached hydrogens (tertiary/aromatic N) is 2. The summed E-state index contributed by atoms with van der Waals surface area (Å²) in [6, 6.07) is 3.32. The van der Waals surface area contributed by atoms with E-state index in [0.717, 1.165) is 6.42 Å². The normalized spacial score (nSPS) is 13.9. The van der Waals surface area contributed by atoms with E-state index in [0.29, 0.717) is 12.1 Å². The Labute approximate surface area is 76.2 Å². The van der Waals surface area contributed by atoms with Gasteiger partial charge in [0.05, 0.1) is 12.1 Å². The molecule has 0 aromatic rings. The molecule has 0 spiro atoms. The van der Waals surface area contributed by atoms with E-state index in [1.165, 1.54) is 0 Å². The molecule has 0 aliphatic heterocycles. The van der Waals surface area contributed by atoms with Gasteiger partial charge in [0.1, 0.15) is 0 Å². The molecule has 0 heterocycles. The Hall–Kier alpha value is -0.550. The Morgan fingerprint density at radius 2 is 1.58 bits per heavy atom. The largest absolute Gasteiger partial charge is 0.283 e. The molecule has 0 aromatic heterocycles. The molecule has 0 amide bonds. The molecule has 0 saturated heterocycles. The van der Waals surface area contributed by atoms with E-state index in [4.69, 9.17) is 5.26 Å². The van der Waals surface area contributed by atoms with Crippen molar-refractivity contribution in [3.63, 3.8) is 0 Å². The molecule has 0 aliphatic carbocycles. The molecule has 0 rings (SSSR count). The van der Waals surface area contributed by atoms with Crippen LogP contribution in [0.15, 0.2) is 0 Å². The first-order chi connectivity index (χ1) is 5.54. The maximum atomic E-state index is 8.90. The molecule has 1 atom stereocenters. The predicted octanol–water partition coefficient (Wildman–Crippen LogP) is 2.41. The van der Waals surface area contributed by atoms with Crippen LogP contribution in [0.25, 0.3) is 0 Å². The second-order valence-corrected chi connectivity index (χ2v) is 3.69. The van der Waals surface area contributed by atoms with Gasteiger partial charge < -0.3 is 0 Å². The average Bonchev–Trinajstić information content (AvgIpc) is 1.98. The predicted molar refractivity (Wildman–Crippen MR) is 51.8 cm³/mol. The summed E-state index contributed by atoms with van der Waals surface area (Å²) in [5.41, 5.74) is 0. The van der Waals surface area contributed by atoms with E-state index in [9.17, 15) is 0 Å². The van der Waals surface area contributed by atoms with E-state index in [-0.39, 0.29) is 6.04 Å². The minimum absolute atomic E-state index is 0.0741. The highest BCUT2D eigenvalue weighted by Gasteiger charge is 2.21. The Morgan fingerprint density at radius 1 is 1.17 bits per heavy atom. The number of rotatable bonds is 4. The Balaban J connectivity index is 4.39. The van der Waals surface area contributed by atoms with Gasteiger partial charge in [0.15, 0.2) is 0 Å². The quantitative estimate of drug-likeness (QED) is 0.644. The highest BCUT2D eigenvalue weighted by molar-refractivity contribution is 4.93. The fourth-order valence-electron chi connectivity index (χ4n) is 1.68. The first kappa shape index (κ1) is 11.4. The fourth-order valence-corrected chi connectivity index (χ4v) is 1.68. The van der Waals surface area contributed by atoms with Crippen molar-refractivity contribution in [2.75, 3.05) is 0 Å². The second-order valence-electron chi connectivity index (χ2n) is 3.69. The van der Waals surface area contributed by atoms with Gasteiger partial charge in [-0.1, -0.05) is 6.92 Å². The molecule has 2 nitrogen and oxygen atoms in total. The summed E-state index contributed by atoms with van der Waals surface area (Å²) in [6.45, 7) is 10.6. The standard InChI is InChI=1S/C10H20N2/c1-6-10(7-11)12(8(2)3)9(4)5/h8-10H,6H2,1-5H3. The highest BCUT2D eigenvalue weighted by Crippen LogP contribution is 2.12. The lowest BCUT2D eigenvalue weighted by atomic mass is 10.1. The van der Waals surface area contributed by atoms with E-state index in [1.807, 2.05) is 0 Å². The van der Waals surface area contributed by atoms with Gasteiger partial charge >= 0.3 is 0 Å². The van der Waals surface area contributed by atoms with E-state index < -0.39 is 0 Å². The molecule has 12 heavy (non-hydrogen) atoms. The molecule has 70 valence electrons.